The van der Waals surface area contributed by atoms with Gasteiger partial charge in [-0.25, -0.2) is 0 Å². The minimum atomic E-state index is 0.650. The third kappa shape index (κ3) is 3.13. The highest BCUT2D eigenvalue weighted by molar-refractivity contribution is 6.40. The zero-order valence-corrected chi connectivity index (χ0v) is 12.8. The molecule has 0 amide bonds. The topological polar surface area (TPSA) is 24.9 Å². The van der Waals surface area contributed by atoms with E-state index in [9.17, 15) is 0 Å². The van der Waals surface area contributed by atoms with Crippen LogP contribution < -0.4 is 5.32 Å². The van der Waals surface area contributed by atoms with E-state index in [4.69, 9.17) is 23.2 Å². The molecule has 0 aliphatic carbocycles. The molecule has 1 N–H and O–H groups in total. The van der Waals surface area contributed by atoms with Gasteiger partial charge in [-0.3, -0.25) is 4.98 Å². The third-order valence-corrected chi connectivity index (χ3v) is 3.61. The van der Waals surface area contributed by atoms with E-state index in [0.29, 0.717) is 10.0 Å². The number of rotatable bonds is 5. The quantitative estimate of drug-likeness (QED) is 0.808. The summed E-state index contributed by atoms with van der Waals surface area (Å²) >= 11 is 12.6. The van der Waals surface area contributed by atoms with Gasteiger partial charge in [0.15, 0.2) is 0 Å². The molecule has 1 aromatic carbocycles. The highest BCUT2D eigenvalue weighted by atomic mass is 35.5. The van der Waals surface area contributed by atoms with Gasteiger partial charge in [0.2, 0.25) is 0 Å². The second kappa shape index (κ2) is 6.44. The zero-order valence-electron chi connectivity index (χ0n) is 11.3. The van der Waals surface area contributed by atoms with Crippen LogP contribution in [0, 0.1) is 0 Å². The fourth-order valence-corrected chi connectivity index (χ4v) is 2.56. The van der Waals surface area contributed by atoms with Crippen molar-refractivity contribution in [2.75, 3.05) is 11.9 Å². The van der Waals surface area contributed by atoms with Gasteiger partial charge in [0.25, 0.3) is 0 Å². The lowest BCUT2D eigenvalue weighted by atomic mass is 10.1. The van der Waals surface area contributed by atoms with Crippen molar-refractivity contribution < 1.29 is 0 Å². The Morgan fingerprint density at radius 2 is 1.84 bits per heavy atom. The van der Waals surface area contributed by atoms with Gasteiger partial charge in [-0.15, -0.1) is 0 Å². The fraction of sp³-hybridized carbons (Fsp3) is 0.400. The minimum absolute atomic E-state index is 0.650. The van der Waals surface area contributed by atoms with Crippen molar-refractivity contribution in [3.63, 3.8) is 0 Å². The van der Waals surface area contributed by atoms with Gasteiger partial charge >= 0.3 is 0 Å². The van der Waals surface area contributed by atoms with Gasteiger partial charge in [-0.1, -0.05) is 43.5 Å². The molecule has 0 radical (unpaired) electrons. The number of hydrogen-bond donors (Lipinski definition) is 1. The molecule has 0 unspecified atom stereocenters. The van der Waals surface area contributed by atoms with Crippen LogP contribution in [0.2, 0.25) is 10.0 Å². The second-order valence-corrected chi connectivity index (χ2v) is 5.41. The molecule has 4 heteroatoms. The van der Waals surface area contributed by atoms with Crippen LogP contribution in [0.5, 0.6) is 0 Å². The Morgan fingerprint density at radius 3 is 2.53 bits per heavy atom. The molecule has 1 heterocycles. The summed E-state index contributed by atoms with van der Waals surface area (Å²) in [5.41, 5.74) is 2.87. The number of aromatic nitrogens is 1. The maximum atomic E-state index is 6.30. The average molecular weight is 297 g/mol. The van der Waals surface area contributed by atoms with E-state index >= 15 is 0 Å². The Bertz CT molecular complexity index is 582. The lowest BCUT2D eigenvalue weighted by molar-refractivity contribution is 0.889. The fourth-order valence-electron chi connectivity index (χ4n) is 2.10. The van der Waals surface area contributed by atoms with Gasteiger partial charge in [0, 0.05) is 23.3 Å². The molecular weight excluding hydrogens is 279 g/mol. The van der Waals surface area contributed by atoms with Crippen LogP contribution in [-0.4, -0.2) is 11.5 Å². The summed E-state index contributed by atoms with van der Waals surface area (Å²) in [6.07, 6.45) is 3.06. The molecule has 0 fully saturated rings. The van der Waals surface area contributed by atoms with Crippen LogP contribution in [0.15, 0.2) is 18.2 Å². The Balaban J connectivity index is 2.63. The molecular formula is C15H18Cl2N2. The van der Waals surface area contributed by atoms with Gasteiger partial charge in [-0.2, -0.15) is 0 Å². The van der Waals surface area contributed by atoms with E-state index in [0.717, 1.165) is 48.1 Å². The maximum Gasteiger partial charge on any atom is 0.0927 e. The highest BCUT2D eigenvalue weighted by Crippen LogP contribution is 2.34. The van der Waals surface area contributed by atoms with Crippen molar-refractivity contribution in [3.8, 4) is 0 Å². The maximum absolute atomic E-state index is 6.30. The molecule has 102 valence electrons. The number of nitrogens with zero attached hydrogens (tertiary/aromatic N) is 1. The molecule has 1 aromatic heterocycles. The number of hydrogen-bond acceptors (Lipinski definition) is 2. The van der Waals surface area contributed by atoms with Gasteiger partial charge in [-0.05, 0) is 31.0 Å². The Morgan fingerprint density at radius 1 is 1.11 bits per heavy atom. The van der Waals surface area contributed by atoms with E-state index in [2.05, 4.69) is 30.2 Å². The van der Waals surface area contributed by atoms with Crippen molar-refractivity contribution in [1.82, 2.24) is 4.98 Å². The summed E-state index contributed by atoms with van der Waals surface area (Å²) in [4.78, 5) is 4.64. The molecule has 0 spiro atoms. The van der Waals surface area contributed by atoms with Crippen molar-refractivity contribution in [2.24, 2.45) is 0 Å². The number of aryl methyl sites for hydroxylation is 1. The summed E-state index contributed by atoms with van der Waals surface area (Å²) in [5, 5.41) is 5.68. The smallest absolute Gasteiger partial charge is 0.0927 e. The van der Waals surface area contributed by atoms with Crippen LogP contribution >= 0.6 is 23.2 Å². The van der Waals surface area contributed by atoms with Crippen molar-refractivity contribution in [2.45, 2.75) is 33.1 Å². The second-order valence-electron chi connectivity index (χ2n) is 4.59. The van der Waals surface area contributed by atoms with E-state index in [1.54, 1.807) is 6.07 Å². The Labute approximate surface area is 124 Å². The van der Waals surface area contributed by atoms with Gasteiger partial charge in [0.1, 0.15) is 0 Å². The van der Waals surface area contributed by atoms with Crippen molar-refractivity contribution in [3.05, 3.63) is 33.9 Å². The summed E-state index contributed by atoms with van der Waals surface area (Å²) < 4.78 is 0. The number of fused-ring (bicyclic) bond motifs is 1. The molecule has 2 aromatic rings. The van der Waals surface area contributed by atoms with E-state index in [1.807, 2.05) is 6.07 Å². The molecule has 0 bridgehead atoms. The largest absolute Gasteiger partial charge is 0.384 e. The number of nitrogens with one attached hydrogen (secondary N) is 1. The molecule has 0 saturated carbocycles. The first-order valence-corrected chi connectivity index (χ1v) is 7.44. The summed E-state index contributed by atoms with van der Waals surface area (Å²) in [7, 11) is 0. The van der Waals surface area contributed by atoms with Crippen LogP contribution in [0.25, 0.3) is 10.9 Å². The standard InChI is InChI=1S/C15H18Cl2N2/c1-3-5-10-9-13(18-8-4-2)14-11(16)6-7-12(17)15(14)19-10/h6-7,9H,3-5,8H2,1-2H3,(H,18,19). The molecule has 0 aliphatic rings. The first-order valence-electron chi connectivity index (χ1n) is 6.68. The molecule has 19 heavy (non-hydrogen) atoms. The van der Waals surface area contributed by atoms with Crippen LogP contribution in [-0.2, 0) is 6.42 Å². The number of halogens is 2. The average Bonchev–Trinajstić information content (AvgIpc) is 2.40. The monoisotopic (exact) mass is 296 g/mol. The lowest BCUT2D eigenvalue weighted by Crippen LogP contribution is -2.03. The predicted molar refractivity (Wildman–Crippen MR) is 84.5 cm³/mol. The molecule has 2 rings (SSSR count). The first kappa shape index (κ1) is 14.4. The molecule has 0 aliphatic heterocycles. The summed E-state index contributed by atoms with van der Waals surface area (Å²) in [6, 6.07) is 5.72. The predicted octanol–water partition coefficient (Wildman–Crippen LogP) is 5.32. The van der Waals surface area contributed by atoms with E-state index in [1.165, 1.54) is 0 Å². The SMILES string of the molecule is CCCNc1cc(CCC)nc2c(Cl)ccc(Cl)c12. The number of pyridine rings is 1. The number of benzene rings is 1. The lowest BCUT2D eigenvalue weighted by Gasteiger charge is -2.13. The normalized spacial score (nSPS) is 10.9. The van der Waals surface area contributed by atoms with Crippen molar-refractivity contribution >= 4 is 39.8 Å². The molecule has 2 nitrogen and oxygen atoms in total. The third-order valence-electron chi connectivity index (χ3n) is 2.99. The molecule has 0 saturated heterocycles. The van der Waals surface area contributed by atoms with Crippen LogP contribution in [0.3, 0.4) is 0 Å². The first-order chi connectivity index (χ1) is 9.17. The number of anilines is 1. The Kier molecular flexibility index (Phi) is 4.89. The van der Waals surface area contributed by atoms with Crippen molar-refractivity contribution in [1.29, 1.82) is 0 Å². The van der Waals surface area contributed by atoms with Gasteiger partial charge in [0.05, 0.1) is 15.6 Å². The minimum Gasteiger partial charge on any atom is -0.384 e. The Hall–Kier alpha value is -0.990. The van der Waals surface area contributed by atoms with Crippen LogP contribution in [0.1, 0.15) is 32.4 Å². The van der Waals surface area contributed by atoms with E-state index in [-0.39, 0.29) is 0 Å². The molecule has 0 atom stereocenters. The summed E-state index contributed by atoms with van der Waals surface area (Å²) in [6.45, 7) is 5.19. The zero-order chi connectivity index (χ0) is 13.8. The van der Waals surface area contributed by atoms with Gasteiger partial charge < -0.3 is 5.32 Å². The van der Waals surface area contributed by atoms with Crippen LogP contribution in [0.4, 0.5) is 5.69 Å². The highest BCUT2D eigenvalue weighted by Gasteiger charge is 2.11. The van der Waals surface area contributed by atoms with E-state index < -0.39 is 0 Å². The summed E-state index contributed by atoms with van der Waals surface area (Å²) in [5.74, 6) is 0.